The van der Waals surface area contributed by atoms with Crippen molar-refractivity contribution in [2.24, 2.45) is 47.3 Å². The maximum Gasteiger partial charge on any atom is 0.340 e. The Bertz CT molecular complexity index is 5060. The topological polar surface area (TPSA) is 182 Å². The number of esters is 2. The first kappa shape index (κ1) is 66.1. The van der Waals surface area contributed by atoms with Crippen molar-refractivity contribution in [1.29, 1.82) is 0 Å². The van der Waals surface area contributed by atoms with E-state index in [1.807, 2.05) is 13.0 Å². The molecule has 22 bridgehead atoms. The van der Waals surface area contributed by atoms with E-state index in [0.717, 1.165) is 74.5 Å². The van der Waals surface area contributed by atoms with E-state index in [4.69, 9.17) is 23.4 Å². The summed E-state index contributed by atoms with van der Waals surface area (Å²) in [6, 6.07) is 44.0. The number of aliphatic hydroxyl groups excluding tert-OH is 4. The van der Waals surface area contributed by atoms with Crippen molar-refractivity contribution >= 4 is 35.1 Å². The molecule has 12 heteroatoms. The summed E-state index contributed by atoms with van der Waals surface area (Å²) in [5.74, 6) is 6.06. The van der Waals surface area contributed by atoms with Crippen LogP contribution >= 0.6 is 0 Å². The van der Waals surface area contributed by atoms with Gasteiger partial charge >= 0.3 is 17.6 Å². The van der Waals surface area contributed by atoms with Crippen LogP contribution in [0.2, 0.25) is 0 Å². The summed E-state index contributed by atoms with van der Waals surface area (Å²) in [5.41, 5.74) is 16.5. The van der Waals surface area contributed by atoms with E-state index in [-0.39, 0.29) is 119 Å². The standard InChI is InChI=1S/C93H92O12/c1-50(46-95)71-44-73-68-29-22-56-40-72(68)60-41-75-79-45-74-67-12-4-3-8-54(67)38-57(83(74)75)20-25-61-11-7-34-92(61,80(73)42-60)62-23-16-51(17-24-62)36-52-15-18-53-19-26-63-9-5-10-64-27-30-69-66(13-6-14-77(69)93(63,64)78(53)37-52)55-21-28-65(56)59(39-55)43-82(98)102-87-85-81(105-91(79,2)88(87)104-89(71)99)32-31-70-76(47-96)84(90(100)103-86(70)85)58(33-35-94)48-101-49-97/h3-4,6,8,12-19,21-24,26,28-29,31-32,37-38,40,55,58-61,63-65,73-75,79-80,83,87-88,94-97H,5,7,9-11,27,30,33-36,39,41-49H2,1-2H3. The number of fused-ring (bicyclic) bond motifs is 6. The van der Waals surface area contributed by atoms with E-state index in [1.54, 1.807) is 6.07 Å². The van der Waals surface area contributed by atoms with Crippen molar-refractivity contribution in [1.82, 2.24) is 0 Å². The van der Waals surface area contributed by atoms with E-state index < -0.39 is 72.6 Å². The van der Waals surface area contributed by atoms with Crippen LogP contribution in [0.3, 0.4) is 0 Å². The number of benzene rings is 6. The number of hydrogen-bond acceptors (Lipinski definition) is 12. The molecule has 6 aromatic carbocycles. The lowest BCUT2D eigenvalue weighted by atomic mass is 9.48. The van der Waals surface area contributed by atoms with Crippen molar-refractivity contribution in [3.63, 3.8) is 0 Å². The van der Waals surface area contributed by atoms with Gasteiger partial charge in [0.1, 0.15) is 18.1 Å². The Morgan fingerprint density at radius 2 is 1.62 bits per heavy atom. The number of hydrogen-bond donors (Lipinski definition) is 4. The first-order valence-electron chi connectivity index (χ1n) is 39.4. The molecule has 3 saturated carbocycles. The predicted molar refractivity (Wildman–Crippen MR) is 400 cm³/mol. The predicted octanol–water partition coefficient (Wildman–Crippen LogP) is 16.0. The molecular formula is C93H92O12. The second-order valence-corrected chi connectivity index (χ2v) is 33.9. The van der Waals surface area contributed by atoms with Crippen LogP contribution in [0, 0.1) is 59.2 Å². The third-order valence-electron chi connectivity index (χ3n) is 29.6. The Kier molecular flexibility index (Phi) is 15.8. The molecule has 2 spiro atoms. The summed E-state index contributed by atoms with van der Waals surface area (Å²) in [7, 11) is 0. The van der Waals surface area contributed by atoms with Crippen LogP contribution in [-0.2, 0) is 54.1 Å². The van der Waals surface area contributed by atoms with Crippen LogP contribution < -0.4 is 10.4 Å². The van der Waals surface area contributed by atoms with Gasteiger partial charge in [0, 0.05) is 81.5 Å². The number of carbonyl (C=O) groups excluding carboxylic acids is 2. The van der Waals surface area contributed by atoms with E-state index in [1.165, 1.54) is 74.0 Å². The van der Waals surface area contributed by atoms with E-state index in [2.05, 4.69) is 152 Å². The van der Waals surface area contributed by atoms with Gasteiger partial charge in [-0.25, -0.2) is 9.59 Å². The lowest BCUT2D eigenvalue weighted by molar-refractivity contribution is -0.202. The Balaban J connectivity index is 0.881. The smallest absolute Gasteiger partial charge is 0.340 e. The molecule has 7 aromatic rings. The largest absolute Gasteiger partial charge is 0.483 e. The molecule has 4 heterocycles. The average Bonchev–Trinajstić information content (AvgIpc) is 1.23. The molecule has 0 amide bonds. The molecule has 20 aliphatic rings. The molecule has 27 rings (SSSR count). The molecule has 17 aliphatic carbocycles. The minimum atomic E-state index is -1.47. The molecule has 19 atom stereocenters. The average molecular weight is 1400 g/mol. The van der Waals surface area contributed by atoms with Gasteiger partial charge < -0.3 is 43.8 Å². The number of ether oxygens (including phenoxy) is 4. The van der Waals surface area contributed by atoms with Crippen LogP contribution in [0.4, 0.5) is 0 Å². The Labute approximate surface area is 613 Å². The van der Waals surface area contributed by atoms with Gasteiger partial charge in [-0.3, -0.25) is 4.79 Å². The summed E-state index contributed by atoms with van der Waals surface area (Å²) in [5, 5.41) is 44.0. The highest BCUT2D eigenvalue weighted by molar-refractivity contribution is 5.91. The SMILES string of the molecule is CC(CO)=C1CC2c3ccc4cc3C3CC5C6C7=Cc8ccccc8C6CC5C5(C)Oc6ccc8c(CO)c(C(CCO)COCO)c(=O)oc8c6C(OC(=O)CC6CC(C=CC46)c4cccc6c4CCC4CCCC8C=Cc9ccc(cc9C684)Cc4ccc(cc4)C4(CCCC4C#C7)C2C3)C5OC1=O. The molecule has 105 heavy (non-hydrogen) atoms. The lowest BCUT2D eigenvalue weighted by Crippen LogP contribution is -2.59. The number of carbonyl (C=O) groups is 2. The molecule has 1 aromatic heterocycles. The Hall–Kier alpha value is -8.41. The fraction of sp³-hybridized carbons (Fsp3) is 0.452. The number of rotatable bonds is 8. The number of aliphatic hydroxyl groups is 4. The maximum absolute atomic E-state index is 16.9. The van der Waals surface area contributed by atoms with E-state index >= 15 is 14.4 Å². The lowest BCUT2D eigenvalue weighted by Gasteiger charge is -2.55. The second kappa shape index (κ2) is 25.1. The Morgan fingerprint density at radius 1 is 0.752 bits per heavy atom. The highest BCUT2D eigenvalue weighted by Crippen LogP contribution is 2.68. The first-order chi connectivity index (χ1) is 51.3. The third kappa shape index (κ3) is 9.78. The van der Waals surface area contributed by atoms with Crippen LogP contribution in [0.15, 0.2) is 159 Å². The van der Waals surface area contributed by atoms with Gasteiger partial charge in [-0.05, 0) is 246 Å². The van der Waals surface area contributed by atoms with E-state index in [9.17, 15) is 20.4 Å². The Morgan fingerprint density at radius 3 is 2.48 bits per heavy atom. The monoisotopic (exact) mass is 1400 g/mol. The molecular weight excluding hydrogens is 1310 g/mol. The highest BCUT2D eigenvalue weighted by Gasteiger charge is 2.65. The van der Waals surface area contributed by atoms with Crippen LogP contribution in [0.25, 0.3) is 23.1 Å². The zero-order chi connectivity index (χ0) is 70.9. The van der Waals surface area contributed by atoms with E-state index in [0.29, 0.717) is 47.0 Å². The number of allylic oxidation sites excluding steroid dienone is 4. The third-order valence-corrected chi connectivity index (χ3v) is 29.6. The summed E-state index contributed by atoms with van der Waals surface area (Å²) in [4.78, 5) is 48.6. The molecule has 4 N–H and O–H groups in total. The normalized spacial score (nSPS) is 34.3. The molecule has 536 valence electrons. The van der Waals surface area contributed by atoms with Crippen molar-refractivity contribution in [2.75, 3.05) is 26.6 Å². The minimum Gasteiger partial charge on any atom is -0.483 e. The molecule has 19 unspecified atom stereocenters. The van der Waals surface area contributed by atoms with Crippen LogP contribution in [0.1, 0.15) is 234 Å². The van der Waals surface area contributed by atoms with Gasteiger partial charge in [-0.15, -0.1) is 0 Å². The van der Waals surface area contributed by atoms with Gasteiger partial charge in [0.2, 0.25) is 0 Å². The van der Waals surface area contributed by atoms with Crippen molar-refractivity contribution < 1.29 is 53.4 Å². The van der Waals surface area contributed by atoms with Gasteiger partial charge in [-0.1, -0.05) is 152 Å². The van der Waals surface area contributed by atoms with Crippen LogP contribution in [-0.4, -0.2) is 70.7 Å². The zero-order valence-electron chi connectivity index (χ0n) is 60.0. The highest BCUT2D eigenvalue weighted by atomic mass is 16.6. The van der Waals surface area contributed by atoms with Gasteiger partial charge in [0.25, 0.3) is 0 Å². The molecule has 12 nitrogen and oxygen atoms in total. The summed E-state index contributed by atoms with van der Waals surface area (Å²) in [6.45, 7) is 1.78. The quantitative estimate of drug-likeness (QED) is 0.0283. The first-order valence-corrected chi connectivity index (χ1v) is 39.4. The molecule has 0 radical (unpaired) electrons. The van der Waals surface area contributed by atoms with Crippen molar-refractivity contribution in [3.05, 3.63) is 250 Å². The van der Waals surface area contributed by atoms with Crippen LogP contribution in [0.5, 0.6) is 5.75 Å². The summed E-state index contributed by atoms with van der Waals surface area (Å²) >= 11 is 0. The molecule has 3 fully saturated rings. The van der Waals surface area contributed by atoms with Gasteiger partial charge in [-0.2, -0.15) is 0 Å². The fourth-order valence-electron chi connectivity index (χ4n) is 25.2. The zero-order valence-corrected chi connectivity index (χ0v) is 60.0. The fourth-order valence-corrected chi connectivity index (χ4v) is 25.2. The van der Waals surface area contributed by atoms with Gasteiger partial charge in [0.05, 0.1) is 25.4 Å². The van der Waals surface area contributed by atoms with Crippen molar-refractivity contribution in [2.45, 2.75) is 187 Å². The van der Waals surface area contributed by atoms with Gasteiger partial charge in [0.15, 0.2) is 17.8 Å². The molecule has 0 saturated heterocycles. The van der Waals surface area contributed by atoms with Crippen molar-refractivity contribution in [3.8, 4) is 17.6 Å². The second-order valence-electron chi connectivity index (χ2n) is 33.9. The molecule has 3 aliphatic heterocycles. The summed E-state index contributed by atoms with van der Waals surface area (Å²) in [6.07, 6.45) is 21.8. The summed E-state index contributed by atoms with van der Waals surface area (Å²) < 4.78 is 35.1. The maximum atomic E-state index is 16.9. The minimum absolute atomic E-state index is 0.00353.